The lowest BCUT2D eigenvalue weighted by atomic mass is 10.2. The smallest absolute Gasteiger partial charge is 0.196 e. The van der Waals surface area contributed by atoms with Crippen molar-refractivity contribution in [2.24, 2.45) is 0 Å². The first-order valence-electron chi connectivity index (χ1n) is 9.18. The minimum atomic E-state index is 0.697. The van der Waals surface area contributed by atoms with Crippen molar-refractivity contribution in [3.05, 3.63) is 88.9 Å². The topological polar surface area (TPSA) is 39.9 Å². The molecule has 0 unspecified atom stereocenters. The van der Waals surface area contributed by atoms with Crippen LogP contribution in [0.3, 0.4) is 0 Å². The van der Waals surface area contributed by atoms with E-state index in [-0.39, 0.29) is 0 Å². The fourth-order valence-corrected chi connectivity index (χ4v) is 4.01. The summed E-state index contributed by atoms with van der Waals surface area (Å²) in [7, 11) is 1.68. The number of nitrogens with zero attached hydrogens (tertiary/aromatic N) is 3. The van der Waals surface area contributed by atoms with E-state index in [2.05, 4.69) is 52.0 Å². The molecule has 0 saturated carbocycles. The van der Waals surface area contributed by atoms with Crippen LogP contribution >= 0.6 is 23.4 Å². The van der Waals surface area contributed by atoms with Gasteiger partial charge in [0, 0.05) is 22.0 Å². The molecule has 0 amide bonds. The van der Waals surface area contributed by atoms with E-state index in [1.165, 1.54) is 11.1 Å². The fourth-order valence-electron chi connectivity index (χ4n) is 2.99. The molecule has 0 N–H and O–H groups in total. The van der Waals surface area contributed by atoms with Gasteiger partial charge in [-0.25, -0.2) is 0 Å². The van der Waals surface area contributed by atoms with Crippen LogP contribution < -0.4 is 4.74 Å². The predicted octanol–water partition coefficient (Wildman–Crippen LogP) is 6.20. The molecule has 0 bridgehead atoms. The number of rotatable bonds is 6. The number of halogens is 1. The summed E-state index contributed by atoms with van der Waals surface area (Å²) in [6.07, 6.45) is 0. The minimum Gasteiger partial charge on any atom is -0.497 e. The summed E-state index contributed by atoms with van der Waals surface area (Å²) in [6, 6.07) is 24.1. The summed E-state index contributed by atoms with van der Waals surface area (Å²) in [4.78, 5) is 0. The number of benzene rings is 3. The SMILES string of the molecule is COc1cccc(CSc2nnc(-c3ccc(Cl)cc3)n2-c2ccc(C)cc2)c1. The van der Waals surface area contributed by atoms with E-state index in [1.54, 1.807) is 18.9 Å². The zero-order valence-electron chi connectivity index (χ0n) is 16.2. The van der Waals surface area contributed by atoms with Crippen molar-refractivity contribution in [3.63, 3.8) is 0 Å². The molecule has 0 aliphatic carbocycles. The zero-order chi connectivity index (χ0) is 20.2. The van der Waals surface area contributed by atoms with Crippen molar-refractivity contribution >= 4 is 23.4 Å². The molecule has 0 fully saturated rings. The van der Waals surface area contributed by atoms with Crippen molar-refractivity contribution in [2.45, 2.75) is 17.8 Å². The van der Waals surface area contributed by atoms with Gasteiger partial charge in [-0.3, -0.25) is 4.57 Å². The van der Waals surface area contributed by atoms with Crippen LogP contribution in [-0.4, -0.2) is 21.9 Å². The molecule has 146 valence electrons. The van der Waals surface area contributed by atoms with Crippen molar-refractivity contribution in [1.82, 2.24) is 14.8 Å². The van der Waals surface area contributed by atoms with Crippen LogP contribution in [-0.2, 0) is 5.75 Å². The van der Waals surface area contributed by atoms with Gasteiger partial charge in [0.1, 0.15) is 5.75 Å². The van der Waals surface area contributed by atoms with E-state index >= 15 is 0 Å². The third-order valence-corrected chi connectivity index (χ3v) is 5.78. The summed E-state index contributed by atoms with van der Waals surface area (Å²) >= 11 is 7.71. The molecule has 0 saturated heterocycles. The molecule has 0 aliphatic rings. The maximum Gasteiger partial charge on any atom is 0.196 e. The van der Waals surface area contributed by atoms with E-state index in [0.29, 0.717) is 5.02 Å². The fraction of sp³-hybridized carbons (Fsp3) is 0.130. The Labute approximate surface area is 179 Å². The van der Waals surface area contributed by atoms with Gasteiger partial charge >= 0.3 is 0 Å². The van der Waals surface area contributed by atoms with E-state index in [0.717, 1.165) is 33.7 Å². The van der Waals surface area contributed by atoms with Crippen molar-refractivity contribution < 1.29 is 4.74 Å². The average Bonchev–Trinajstić information content (AvgIpc) is 3.17. The molecule has 0 atom stereocenters. The van der Waals surface area contributed by atoms with Gasteiger partial charge < -0.3 is 4.74 Å². The van der Waals surface area contributed by atoms with Crippen LogP contribution in [0.1, 0.15) is 11.1 Å². The molecule has 29 heavy (non-hydrogen) atoms. The van der Waals surface area contributed by atoms with Gasteiger partial charge in [-0.2, -0.15) is 0 Å². The van der Waals surface area contributed by atoms with Crippen LogP contribution in [0, 0.1) is 6.92 Å². The van der Waals surface area contributed by atoms with Gasteiger partial charge in [0.05, 0.1) is 7.11 Å². The molecular formula is C23H20ClN3OS. The highest BCUT2D eigenvalue weighted by Gasteiger charge is 2.16. The summed E-state index contributed by atoms with van der Waals surface area (Å²) in [5.41, 5.74) is 4.37. The largest absolute Gasteiger partial charge is 0.497 e. The Balaban J connectivity index is 1.71. The van der Waals surface area contributed by atoms with E-state index in [9.17, 15) is 0 Å². The first-order valence-corrected chi connectivity index (χ1v) is 10.5. The number of hydrogen-bond donors (Lipinski definition) is 0. The summed E-state index contributed by atoms with van der Waals surface area (Å²) in [5, 5.41) is 10.5. The molecular weight excluding hydrogens is 402 g/mol. The Morgan fingerprint density at radius 1 is 0.966 bits per heavy atom. The van der Waals surface area contributed by atoms with Gasteiger partial charge in [-0.1, -0.05) is 53.2 Å². The Hall–Kier alpha value is -2.76. The highest BCUT2D eigenvalue weighted by molar-refractivity contribution is 7.98. The second-order valence-corrected chi connectivity index (χ2v) is 8.00. The second-order valence-electron chi connectivity index (χ2n) is 6.62. The molecule has 0 aliphatic heterocycles. The molecule has 4 rings (SSSR count). The van der Waals surface area contributed by atoms with Gasteiger partial charge in [0.2, 0.25) is 0 Å². The summed E-state index contributed by atoms with van der Waals surface area (Å²) < 4.78 is 7.42. The van der Waals surface area contributed by atoms with Crippen molar-refractivity contribution in [3.8, 4) is 22.8 Å². The zero-order valence-corrected chi connectivity index (χ0v) is 17.7. The van der Waals surface area contributed by atoms with Crippen LogP contribution in [0.25, 0.3) is 17.1 Å². The van der Waals surface area contributed by atoms with E-state index in [1.807, 2.05) is 42.5 Å². The third-order valence-electron chi connectivity index (χ3n) is 4.53. The maximum absolute atomic E-state index is 6.06. The normalized spacial score (nSPS) is 10.9. The monoisotopic (exact) mass is 421 g/mol. The van der Waals surface area contributed by atoms with E-state index < -0.39 is 0 Å². The highest BCUT2D eigenvalue weighted by atomic mass is 35.5. The number of aromatic nitrogens is 3. The first-order chi connectivity index (χ1) is 14.1. The van der Waals surface area contributed by atoms with Gasteiger partial charge in [0.15, 0.2) is 11.0 Å². The van der Waals surface area contributed by atoms with Gasteiger partial charge in [0.25, 0.3) is 0 Å². The molecule has 4 aromatic rings. The Morgan fingerprint density at radius 3 is 2.45 bits per heavy atom. The third kappa shape index (κ3) is 4.47. The number of aryl methyl sites for hydroxylation is 1. The molecule has 1 aromatic heterocycles. The molecule has 3 aromatic carbocycles. The van der Waals surface area contributed by atoms with Crippen molar-refractivity contribution in [2.75, 3.05) is 7.11 Å². The Morgan fingerprint density at radius 2 is 1.72 bits per heavy atom. The summed E-state index contributed by atoms with van der Waals surface area (Å²) in [5.74, 6) is 2.41. The minimum absolute atomic E-state index is 0.697. The van der Waals surface area contributed by atoms with E-state index in [4.69, 9.17) is 16.3 Å². The van der Waals surface area contributed by atoms with Gasteiger partial charge in [-0.05, 0) is 61.0 Å². The van der Waals surface area contributed by atoms with Crippen molar-refractivity contribution in [1.29, 1.82) is 0 Å². The Bertz CT molecular complexity index is 1110. The average molecular weight is 422 g/mol. The van der Waals surface area contributed by atoms with Crippen LogP contribution in [0.4, 0.5) is 0 Å². The van der Waals surface area contributed by atoms with Crippen LogP contribution in [0.15, 0.2) is 78.0 Å². The van der Waals surface area contributed by atoms with Crippen LogP contribution in [0.5, 0.6) is 5.75 Å². The molecule has 4 nitrogen and oxygen atoms in total. The lowest BCUT2D eigenvalue weighted by Gasteiger charge is -2.11. The molecule has 1 heterocycles. The Kier molecular flexibility index (Phi) is 5.88. The first kappa shape index (κ1) is 19.6. The quantitative estimate of drug-likeness (QED) is 0.347. The number of hydrogen-bond acceptors (Lipinski definition) is 4. The number of ether oxygens (including phenoxy) is 1. The molecule has 0 radical (unpaired) electrons. The summed E-state index contributed by atoms with van der Waals surface area (Å²) in [6.45, 7) is 2.08. The van der Waals surface area contributed by atoms with Gasteiger partial charge in [-0.15, -0.1) is 10.2 Å². The second kappa shape index (κ2) is 8.72. The molecule has 6 heteroatoms. The number of thioether (sulfide) groups is 1. The molecule has 0 spiro atoms. The predicted molar refractivity (Wildman–Crippen MR) is 119 cm³/mol. The lowest BCUT2D eigenvalue weighted by molar-refractivity contribution is 0.414. The maximum atomic E-state index is 6.06. The number of methoxy groups -OCH3 is 1. The lowest BCUT2D eigenvalue weighted by Crippen LogP contribution is -2.00. The highest BCUT2D eigenvalue weighted by Crippen LogP contribution is 2.31. The standard InChI is InChI=1S/C23H20ClN3OS/c1-16-6-12-20(13-7-16)27-22(18-8-10-19(24)11-9-18)25-26-23(27)29-15-17-4-3-5-21(14-17)28-2/h3-14H,15H2,1-2H3. The van der Waals surface area contributed by atoms with Crippen LogP contribution in [0.2, 0.25) is 5.02 Å².